The Morgan fingerprint density at radius 2 is 2.00 bits per heavy atom. The molecule has 1 fully saturated rings. The number of thiophene rings is 1. The number of benzene rings is 1. The minimum Gasteiger partial charge on any atom is -0.323 e. The molecule has 1 amide bonds. The van der Waals surface area contributed by atoms with Gasteiger partial charge in [-0.1, -0.05) is 52.6 Å². The van der Waals surface area contributed by atoms with Gasteiger partial charge in [-0.3, -0.25) is 9.36 Å². The number of halogens is 3. The summed E-state index contributed by atoms with van der Waals surface area (Å²) in [4.78, 5) is 13.8. The highest BCUT2D eigenvalue weighted by Crippen LogP contribution is 2.42. The first kappa shape index (κ1) is 20.0. The number of aromatic nitrogens is 3. The predicted octanol–water partition coefficient (Wildman–Crippen LogP) is 6.42. The fourth-order valence-corrected chi connectivity index (χ4v) is 5.23. The Hall–Kier alpha value is -1.25. The third-order valence-corrected chi connectivity index (χ3v) is 6.96. The highest BCUT2D eigenvalue weighted by Gasteiger charge is 2.32. The van der Waals surface area contributed by atoms with Gasteiger partial charge in [0.2, 0.25) is 5.91 Å². The van der Waals surface area contributed by atoms with Gasteiger partial charge in [-0.2, -0.15) is 0 Å². The van der Waals surface area contributed by atoms with E-state index >= 15 is 0 Å². The summed E-state index contributed by atoms with van der Waals surface area (Å²) in [5.74, 6) is 0.635. The Balaban J connectivity index is 1.53. The average Bonchev–Trinajstić information content (AvgIpc) is 3.16. The number of rotatable bonds is 6. The Morgan fingerprint density at radius 3 is 2.61 bits per heavy atom. The zero-order chi connectivity index (χ0) is 19.8. The second-order valence-corrected chi connectivity index (χ2v) is 9.88. The molecule has 0 saturated heterocycles. The van der Waals surface area contributed by atoms with Gasteiger partial charge in [0.1, 0.15) is 0 Å². The number of amides is 1. The van der Waals surface area contributed by atoms with Crippen LogP contribution in [0.5, 0.6) is 0 Å². The molecule has 1 aliphatic carbocycles. The lowest BCUT2D eigenvalue weighted by atomic mass is 10.3. The summed E-state index contributed by atoms with van der Waals surface area (Å²) in [6.07, 6.45) is 2.20. The van der Waals surface area contributed by atoms with Gasteiger partial charge in [-0.15, -0.1) is 21.5 Å². The molecule has 0 unspecified atom stereocenters. The molecule has 5 nitrogen and oxygen atoms in total. The van der Waals surface area contributed by atoms with Gasteiger partial charge in [0, 0.05) is 11.1 Å². The summed E-state index contributed by atoms with van der Waals surface area (Å²) in [6.45, 7) is 1.81. The van der Waals surface area contributed by atoms with Crippen molar-refractivity contribution in [2.45, 2.75) is 36.2 Å². The van der Waals surface area contributed by atoms with Crippen LogP contribution in [-0.4, -0.2) is 25.9 Å². The molecule has 1 atom stereocenters. The topological polar surface area (TPSA) is 59.8 Å². The zero-order valence-corrected chi connectivity index (χ0v) is 18.6. The number of thioether (sulfide) groups is 1. The minimum absolute atomic E-state index is 0.223. The number of nitrogens with one attached hydrogen (secondary N) is 1. The van der Waals surface area contributed by atoms with Gasteiger partial charge >= 0.3 is 0 Å². The third-order valence-electron chi connectivity index (χ3n) is 4.22. The summed E-state index contributed by atoms with van der Waals surface area (Å²) in [5, 5.41) is 14.8. The molecular formula is C18H15Cl3N4OS2. The molecule has 3 aromatic rings. The maximum absolute atomic E-state index is 12.7. The second kappa shape index (κ2) is 8.24. The molecule has 28 heavy (non-hydrogen) atoms. The number of hydrogen-bond acceptors (Lipinski definition) is 5. The monoisotopic (exact) mass is 472 g/mol. The van der Waals surface area contributed by atoms with Crippen molar-refractivity contribution >= 4 is 69.5 Å². The summed E-state index contributed by atoms with van der Waals surface area (Å²) in [6, 6.07) is 7.50. The van der Waals surface area contributed by atoms with Crippen LogP contribution in [0.4, 0.5) is 5.69 Å². The summed E-state index contributed by atoms with van der Waals surface area (Å²) in [5.41, 5.74) is 0.355. The molecule has 146 valence electrons. The van der Waals surface area contributed by atoms with Crippen molar-refractivity contribution < 1.29 is 4.79 Å². The Bertz CT molecular complexity index is 995. The first-order valence-electron chi connectivity index (χ1n) is 8.55. The van der Waals surface area contributed by atoms with E-state index in [1.54, 1.807) is 23.5 Å². The van der Waals surface area contributed by atoms with Crippen molar-refractivity contribution in [3.05, 3.63) is 44.7 Å². The van der Waals surface area contributed by atoms with E-state index in [2.05, 4.69) is 20.1 Å². The Morgan fingerprint density at radius 1 is 1.29 bits per heavy atom. The van der Waals surface area contributed by atoms with Crippen molar-refractivity contribution in [3.8, 4) is 10.7 Å². The maximum atomic E-state index is 12.7. The molecule has 0 spiro atoms. The van der Waals surface area contributed by atoms with Gasteiger partial charge < -0.3 is 5.32 Å². The van der Waals surface area contributed by atoms with Crippen LogP contribution < -0.4 is 5.32 Å². The number of anilines is 1. The molecular weight excluding hydrogens is 459 g/mol. The normalized spacial score (nSPS) is 14.9. The van der Waals surface area contributed by atoms with Crippen molar-refractivity contribution in [1.82, 2.24) is 14.8 Å². The van der Waals surface area contributed by atoms with Crippen LogP contribution in [0.1, 0.15) is 25.8 Å². The van der Waals surface area contributed by atoms with E-state index in [1.807, 2.05) is 24.4 Å². The van der Waals surface area contributed by atoms with Gasteiger partial charge in [-0.25, -0.2) is 0 Å². The van der Waals surface area contributed by atoms with Crippen LogP contribution in [0.3, 0.4) is 0 Å². The number of hydrogen-bond donors (Lipinski definition) is 1. The standard InChI is InChI=1S/C18H15Cl3N4OS2/c1-9(17(26)22-15-12(20)7-10(19)8-13(15)21)28-18-24-23-16(14-3-2-6-27-14)25(18)11-4-5-11/h2-3,6-9,11H,4-5H2,1H3,(H,22,26)/t9-/m0/s1. The summed E-state index contributed by atoms with van der Waals surface area (Å²) in [7, 11) is 0. The van der Waals surface area contributed by atoms with E-state index in [9.17, 15) is 4.79 Å². The van der Waals surface area contributed by atoms with Crippen molar-refractivity contribution in [1.29, 1.82) is 0 Å². The third kappa shape index (κ3) is 4.19. The SMILES string of the molecule is C[C@H](Sc1nnc(-c2cccs2)n1C1CC1)C(=O)Nc1c(Cl)cc(Cl)cc1Cl. The van der Waals surface area contributed by atoms with Gasteiger partial charge in [-0.05, 0) is 43.3 Å². The smallest absolute Gasteiger partial charge is 0.237 e. The van der Waals surface area contributed by atoms with E-state index in [4.69, 9.17) is 34.8 Å². The maximum Gasteiger partial charge on any atom is 0.237 e. The number of carbonyl (C=O) groups is 1. The first-order valence-corrected chi connectivity index (χ1v) is 11.4. The summed E-state index contributed by atoms with van der Waals surface area (Å²) >= 11 is 21.2. The van der Waals surface area contributed by atoms with E-state index < -0.39 is 5.25 Å². The van der Waals surface area contributed by atoms with Crippen LogP contribution in [0.2, 0.25) is 15.1 Å². The quantitative estimate of drug-likeness (QED) is 0.420. The van der Waals surface area contributed by atoms with Gasteiger partial charge in [0.25, 0.3) is 0 Å². The minimum atomic E-state index is -0.416. The summed E-state index contributed by atoms with van der Waals surface area (Å²) < 4.78 is 2.14. The van der Waals surface area contributed by atoms with E-state index in [-0.39, 0.29) is 5.91 Å². The van der Waals surface area contributed by atoms with Crippen LogP contribution in [0, 0.1) is 0 Å². The van der Waals surface area contributed by atoms with Gasteiger partial charge in [0.05, 0.1) is 25.9 Å². The van der Waals surface area contributed by atoms with E-state index in [0.29, 0.717) is 26.8 Å². The Kier molecular flexibility index (Phi) is 5.90. The van der Waals surface area contributed by atoms with Crippen molar-refractivity contribution in [3.63, 3.8) is 0 Å². The fraction of sp³-hybridized carbons (Fsp3) is 0.278. The molecule has 1 saturated carbocycles. The van der Waals surface area contributed by atoms with Crippen LogP contribution in [0.25, 0.3) is 10.7 Å². The van der Waals surface area contributed by atoms with E-state index in [0.717, 1.165) is 28.7 Å². The Labute approximate surface area is 185 Å². The molecule has 0 bridgehead atoms. The number of carbonyl (C=O) groups excluding carboxylic acids is 1. The molecule has 0 radical (unpaired) electrons. The molecule has 2 heterocycles. The molecule has 4 rings (SSSR count). The second-order valence-electron chi connectivity index (χ2n) is 6.38. The van der Waals surface area contributed by atoms with E-state index in [1.165, 1.54) is 11.8 Å². The average molecular weight is 474 g/mol. The molecule has 1 aliphatic rings. The molecule has 0 aliphatic heterocycles. The van der Waals surface area contributed by atoms with Crippen LogP contribution >= 0.6 is 57.9 Å². The molecule has 1 aromatic carbocycles. The highest BCUT2D eigenvalue weighted by atomic mass is 35.5. The van der Waals surface area contributed by atoms with Crippen molar-refractivity contribution in [2.75, 3.05) is 5.32 Å². The van der Waals surface area contributed by atoms with Crippen LogP contribution in [-0.2, 0) is 4.79 Å². The van der Waals surface area contributed by atoms with Crippen molar-refractivity contribution in [2.24, 2.45) is 0 Å². The largest absolute Gasteiger partial charge is 0.323 e. The predicted molar refractivity (Wildman–Crippen MR) is 117 cm³/mol. The molecule has 1 N–H and O–H groups in total. The lowest BCUT2D eigenvalue weighted by Crippen LogP contribution is -2.23. The number of nitrogens with zero attached hydrogens (tertiary/aromatic N) is 3. The lowest BCUT2D eigenvalue weighted by molar-refractivity contribution is -0.115. The van der Waals surface area contributed by atoms with Crippen LogP contribution in [0.15, 0.2) is 34.8 Å². The fourth-order valence-electron chi connectivity index (χ4n) is 2.69. The first-order chi connectivity index (χ1) is 13.4. The highest BCUT2D eigenvalue weighted by molar-refractivity contribution is 8.00. The molecule has 2 aromatic heterocycles. The zero-order valence-electron chi connectivity index (χ0n) is 14.7. The molecule has 10 heteroatoms. The lowest BCUT2D eigenvalue weighted by Gasteiger charge is -2.15. The van der Waals surface area contributed by atoms with Gasteiger partial charge in [0.15, 0.2) is 11.0 Å².